The Hall–Kier alpha value is -1.42. The van der Waals surface area contributed by atoms with Crippen LogP contribution in [0.15, 0.2) is 36.4 Å². The van der Waals surface area contributed by atoms with Crippen LogP contribution in [0, 0.1) is 0 Å². The second-order valence-electron chi connectivity index (χ2n) is 4.45. The summed E-state index contributed by atoms with van der Waals surface area (Å²) in [4.78, 5) is 4.53. The average molecular weight is 342 g/mol. The maximum atomic E-state index is 6.32. The van der Waals surface area contributed by atoms with Gasteiger partial charge in [0.05, 0.1) is 34.7 Å². The molecule has 2 aromatic carbocycles. The number of benzene rings is 2. The molecule has 0 N–H and O–H groups in total. The van der Waals surface area contributed by atoms with E-state index in [0.717, 1.165) is 22.5 Å². The van der Waals surface area contributed by atoms with Crippen LogP contribution in [0.4, 0.5) is 0 Å². The molecule has 3 rings (SSSR count). The quantitative estimate of drug-likeness (QED) is 0.621. The SMILES string of the molecule is COc1ccc2nc(CCl)n(-c3ccc(Cl)cc3Cl)c2c1. The Morgan fingerprint density at radius 1 is 1.14 bits per heavy atom. The van der Waals surface area contributed by atoms with Crippen LogP contribution >= 0.6 is 34.8 Å². The Morgan fingerprint density at radius 3 is 2.62 bits per heavy atom. The van der Waals surface area contributed by atoms with Crippen molar-refractivity contribution in [1.82, 2.24) is 9.55 Å². The van der Waals surface area contributed by atoms with Gasteiger partial charge in [-0.05, 0) is 30.3 Å². The molecule has 0 saturated carbocycles. The van der Waals surface area contributed by atoms with Gasteiger partial charge in [-0.1, -0.05) is 23.2 Å². The average Bonchev–Trinajstić information content (AvgIpc) is 2.84. The Morgan fingerprint density at radius 2 is 1.95 bits per heavy atom. The molecule has 3 nitrogen and oxygen atoms in total. The number of alkyl halides is 1. The van der Waals surface area contributed by atoms with E-state index in [-0.39, 0.29) is 5.88 Å². The third kappa shape index (κ3) is 2.57. The predicted molar refractivity (Wildman–Crippen MR) is 87.2 cm³/mol. The summed E-state index contributed by atoms with van der Waals surface area (Å²) in [5, 5.41) is 1.12. The molecule has 108 valence electrons. The highest BCUT2D eigenvalue weighted by Gasteiger charge is 2.15. The number of methoxy groups -OCH3 is 1. The van der Waals surface area contributed by atoms with Crippen LogP contribution < -0.4 is 4.74 Å². The van der Waals surface area contributed by atoms with E-state index in [1.807, 2.05) is 28.8 Å². The molecular formula is C15H11Cl3N2O. The largest absolute Gasteiger partial charge is 0.497 e. The predicted octanol–water partition coefficient (Wildman–Crippen LogP) is 5.08. The van der Waals surface area contributed by atoms with Crippen LogP contribution in [0.5, 0.6) is 5.75 Å². The van der Waals surface area contributed by atoms with Crippen molar-refractivity contribution in [2.24, 2.45) is 0 Å². The Bertz CT molecular complexity index is 814. The molecule has 0 aliphatic rings. The van der Waals surface area contributed by atoms with Gasteiger partial charge in [-0.25, -0.2) is 4.98 Å². The number of hydrogen-bond acceptors (Lipinski definition) is 2. The van der Waals surface area contributed by atoms with Crippen molar-refractivity contribution < 1.29 is 4.74 Å². The minimum atomic E-state index is 0.274. The highest BCUT2D eigenvalue weighted by atomic mass is 35.5. The first-order valence-electron chi connectivity index (χ1n) is 6.21. The minimum Gasteiger partial charge on any atom is -0.497 e. The van der Waals surface area contributed by atoms with E-state index >= 15 is 0 Å². The summed E-state index contributed by atoms with van der Waals surface area (Å²) in [5.74, 6) is 1.73. The summed E-state index contributed by atoms with van der Waals surface area (Å²) in [6.07, 6.45) is 0. The number of halogens is 3. The fourth-order valence-electron chi connectivity index (χ4n) is 2.25. The maximum Gasteiger partial charge on any atom is 0.129 e. The van der Waals surface area contributed by atoms with Crippen molar-refractivity contribution in [2.75, 3.05) is 7.11 Å². The molecule has 1 heterocycles. The van der Waals surface area contributed by atoms with Gasteiger partial charge in [-0.3, -0.25) is 4.57 Å². The van der Waals surface area contributed by atoms with Gasteiger partial charge in [0.25, 0.3) is 0 Å². The Balaban J connectivity index is 2.33. The first-order chi connectivity index (χ1) is 10.1. The molecule has 0 spiro atoms. The molecule has 3 aromatic rings. The number of hydrogen-bond donors (Lipinski definition) is 0. The standard InChI is InChI=1S/C15H11Cl3N2O/c1-21-10-3-4-12-14(7-10)20(15(8-16)19-12)13-5-2-9(17)6-11(13)18/h2-7H,8H2,1H3. The third-order valence-electron chi connectivity index (χ3n) is 3.20. The summed E-state index contributed by atoms with van der Waals surface area (Å²) in [7, 11) is 1.62. The lowest BCUT2D eigenvalue weighted by Crippen LogP contribution is -2.00. The summed E-state index contributed by atoms with van der Waals surface area (Å²) in [6, 6.07) is 11.0. The molecule has 0 bridgehead atoms. The first kappa shape index (κ1) is 14.5. The highest BCUT2D eigenvalue weighted by Crippen LogP contribution is 2.31. The lowest BCUT2D eigenvalue weighted by molar-refractivity contribution is 0.415. The van der Waals surface area contributed by atoms with E-state index in [1.165, 1.54) is 0 Å². The second-order valence-corrected chi connectivity index (χ2v) is 5.56. The van der Waals surface area contributed by atoms with Crippen LogP contribution in [-0.4, -0.2) is 16.7 Å². The number of aromatic nitrogens is 2. The Labute approximate surface area is 137 Å². The zero-order valence-corrected chi connectivity index (χ0v) is 13.4. The molecule has 0 fully saturated rings. The molecule has 6 heteroatoms. The second kappa shape index (κ2) is 5.76. The zero-order valence-electron chi connectivity index (χ0n) is 11.1. The van der Waals surface area contributed by atoms with Crippen molar-refractivity contribution in [2.45, 2.75) is 5.88 Å². The van der Waals surface area contributed by atoms with E-state index < -0.39 is 0 Å². The normalized spacial score (nSPS) is 11.0. The molecule has 1 aromatic heterocycles. The van der Waals surface area contributed by atoms with Crippen LogP contribution in [0.2, 0.25) is 10.0 Å². The van der Waals surface area contributed by atoms with E-state index in [2.05, 4.69) is 4.98 Å². The van der Waals surface area contributed by atoms with Crippen LogP contribution in [0.1, 0.15) is 5.82 Å². The van der Waals surface area contributed by atoms with Crippen LogP contribution in [-0.2, 0) is 5.88 Å². The molecule has 0 saturated heterocycles. The van der Waals surface area contributed by atoms with Gasteiger partial charge in [0.1, 0.15) is 11.6 Å². The van der Waals surface area contributed by atoms with Crippen LogP contribution in [0.3, 0.4) is 0 Å². The number of imidazole rings is 1. The van der Waals surface area contributed by atoms with Gasteiger partial charge in [0.2, 0.25) is 0 Å². The van der Waals surface area contributed by atoms with E-state index in [4.69, 9.17) is 39.5 Å². The van der Waals surface area contributed by atoms with Crippen LogP contribution in [0.25, 0.3) is 16.7 Å². The zero-order chi connectivity index (χ0) is 15.0. The smallest absolute Gasteiger partial charge is 0.129 e. The van der Waals surface area contributed by atoms with Crippen molar-refractivity contribution >= 4 is 45.8 Å². The molecule has 0 radical (unpaired) electrons. The molecule has 0 atom stereocenters. The van der Waals surface area contributed by atoms with Gasteiger partial charge >= 0.3 is 0 Å². The van der Waals surface area contributed by atoms with E-state index in [1.54, 1.807) is 19.2 Å². The molecular weight excluding hydrogens is 331 g/mol. The minimum absolute atomic E-state index is 0.274. The van der Waals surface area contributed by atoms with Crippen molar-refractivity contribution in [3.63, 3.8) is 0 Å². The molecule has 0 amide bonds. The summed E-state index contributed by atoms with van der Waals surface area (Å²) in [6.45, 7) is 0. The first-order valence-corrected chi connectivity index (χ1v) is 7.50. The number of fused-ring (bicyclic) bond motifs is 1. The lowest BCUT2D eigenvalue weighted by Gasteiger charge is -2.10. The van der Waals surface area contributed by atoms with Gasteiger partial charge in [0, 0.05) is 11.1 Å². The lowest BCUT2D eigenvalue weighted by atomic mass is 10.2. The Kier molecular flexibility index (Phi) is 3.98. The fourth-order valence-corrected chi connectivity index (χ4v) is 2.93. The van der Waals surface area contributed by atoms with Gasteiger partial charge in [-0.15, -0.1) is 11.6 Å². The number of rotatable bonds is 3. The van der Waals surface area contributed by atoms with Crippen molar-refractivity contribution in [3.05, 3.63) is 52.3 Å². The summed E-state index contributed by atoms with van der Waals surface area (Å²) < 4.78 is 7.20. The van der Waals surface area contributed by atoms with E-state index in [0.29, 0.717) is 15.9 Å². The topological polar surface area (TPSA) is 27.1 Å². The van der Waals surface area contributed by atoms with Gasteiger partial charge in [0.15, 0.2) is 0 Å². The summed E-state index contributed by atoms with van der Waals surface area (Å²) >= 11 is 18.3. The number of nitrogens with zero attached hydrogens (tertiary/aromatic N) is 2. The van der Waals surface area contributed by atoms with Crippen molar-refractivity contribution in [1.29, 1.82) is 0 Å². The molecule has 0 unspecified atom stereocenters. The number of ether oxygens (including phenoxy) is 1. The maximum absolute atomic E-state index is 6.32. The van der Waals surface area contributed by atoms with Gasteiger partial charge < -0.3 is 4.74 Å². The van der Waals surface area contributed by atoms with Gasteiger partial charge in [-0.2, -0.15) is 0 Å². The molecule has 0 aliphatic carbocycles. The molecule has 0 aliphatic heterocycles. The van der Waals surface area contributed by atoms with Crippen molar-refractivity contribution in [3.8, 4) is 11.4 Å². The monoisotopic (exact) mass is 340 g/mol. The molecule has 21 heavy (non-hydrogen) atoms. The third-order valence-corrected chi connectivity index (χ3v) is 3.98. The summed E-state index contributed by atoms with van der Waals surface area (Å²) in [5.41, 5.74) is 2.50. The highest BCUT2D eigenvalue weighted by molar-refractivity contribution is 6.35. The fraction of sp³-hybridized carbons (Fsp3) is 0.133. The van der Waals surface area contributed by atoms with E-state index in [9.17, 15) is 0 Å².